The van der Waals surface area contributed by atoms with Crippen LogP contribution in [0.25, 0.3) is 0 Å². The average Bonchev–Trinajstić information content (AvgIpc) is 3.29. The molecule has 0 bridgehead atoms. The fourth-order valence-corrected chi connectivity index (χ4v) is 2.45. The molecule has 2 aromatic rings. The summed E-state index contributed by atoms with van der Waals surface area (Å²) in [6.45, 7) is 0.582. The van der Waals surface area contributed by atoms with Crippen LogP contribution in [-0.2, 0) is 9.53 Å². The lowest BCUT2D eigenvalue weighted by Gasteiger charge is -2.15. The van der Waals surface area contributed by atoms with Crippen LogP contribution in [-0.4, -0.2) is 31.6 Å². The SMILES string of the molecule is COc1ccc(NC(=O)c2ccco2)c(NC(=O)C2CCCO2)c1. The zero-order valence-electron chi connectivity index (χ0n) is 13.2. The van der Waals surface area contributed by atoms with Crippen LogP contribution in [0.5, 0.6) is 5.75 Å². The summed E-state index contributed by atoms with van der Waals surface area (Å²) in [4.78, 5) is 24.4. The summed E-state index contributed by atoms with van der Waals surface area (Å²) in [5, 5.41) is 5.50. The van der Waals surface area contributed by atoms with Crippen LogP contribution in [0.4, 0.5) is 11.4 Å². The predicted octanol–water partition coefficient (Wildman–Crippen LogP) is 2.66. The van der Waals surface area contributed by atoms with Crippen molar-refractivity contribution in [2.24, 2.45) is 0 Å². The van der Waals surface area contributed by atoms with Gasteiger partial charge in [0.05, 0.1) is 24.7 Å². The number of amides is 2. The van der Waals surface area contributed by atoms with Crippen molar-refractivity contribution in [3.63, 3.8) is 0 Å². The van der Waals surface area contributed by atoms with E-state index in [-0.39, 0.29) is 11.7 Å². The van der Waals surface area contributed by atoms with Crippen LogP contribution < -0.4 is 15.4 Å². The third-order valence-corrected chi connectivity index (χ3v) is 3.70. The van der Waals surface area contributed by atoms with Crippen LogP contribution in [0.2, 0.25) is 0 Å². The molecular weight excluding hydrogens is 312 g/mol. The number of nitrogens with one attached hydrogen (secondary N) is 2. The molecule has 1 aliphatic rings. The van der Waals surface area contributed by atoms with Crippen molar-refractivity contribution in [1.29, 1.82) is 0 Å². The number of furan rings is 1. The maximum Gasteiger partial charge on any atom is 0.291 e. The van der Waals surface area contributed by atoms with Crippen LogP contribution in [0.15, 0.2) is 41.0 Å². The number of rotatable bonds is 5. The van der Waals surface area contributed by atoms with E-state index in [1.807, 2.05) is 0 Å². The maximum atomic E-state index is 12.3. The first kappa shape index (κ1) is 16.1. The molecule has 7 heteroatoms. The van der Waals surface area contributed by atoms with Gasteiger partial charge < -0.3 is 24.5 Å². The standard InChI is InChI=1S/C17H18N2O5/c1-22-11-6-7-12(18-16(20)14-4-2-8-23-14)13(10-11)19-17(21)15-5-3-9-24-15/h2,4,6-8,10,15H,3,5,9H2,1H3,(H,18,20)(H,19,21). The number of benzene rings is 1. The second-order valence-corrected chi connectivity index (χ2v) is 5.33. The number of hydrogen-bond donors (Lipinski definition) is 2. The van der Waals surface area contributed by atoms with Crippen LogP contribution in [0.1, 0.15) is 23.4 Å². The Labute approximate surface area is 138 Å². The third-order valence-electron chi connectivity index (χ3n) is 3.70. The van der Waals surface area contributed by atoms with Gasteiger partial charge in [-0.3, -0.25) is 9.59 Å². The smallest absolute Gasteiger partial charge is 0.291 e. The molecular formula is C17H18N2O5. The molecule has 0 saturated carbocycles. The monoisotopic (exact) mass is 330 g/mol. The van der Waals surface area contributed by atoms with Gasteiger partial charge in [-0.05, 0) is 37.1 Å². The number of carbonyl (C=O) groups is 2. The van der Waals surface area contributed by atoms with Gasteiger partial charge in [-0.1, -0.05) is 0 Å². The molecule has 2 N–H and O–H groups in total. The predicted molar refractivity (Wildman–Crippen MR) is 87.3 cm³/mol. The third kappa shape index (κ3) is 3.57. The molecule has 1 fully saturated rings. The summed E-state index contributed by atoms with van der Waals surface area (Å²) in [5.41, 5.74) is 0.887. The number of ether oxygens (including phenoxy) is 2. The van der Waals surface area contributed by atoms with Gasteiger partial charge in [-0.15, -0.1) is 0 Å². The van der Waals surface area contributed by atoms with E-state index in [1.165, 1.54) is 13.4 Å². The van der Waals surface area contributed by atoms with E-state index in [4.69, 9.17) is 13.9 Å². The van der Waals surface area contributed by atoms with E-state index >= 15 is 0 Å². The minimum absolute atomic E-state index is 0.183. The van der Waals surface area contributed by atoms with E-state index in [0.717, 1.165) is 6.42 Å². The van der Waals surface area contributed by atoms with Crippen molar-refractivity contribution in [3.05, 3.63) is 42.4 Å². The molecule has 1 aromatic heterocycles. The molecule has 24 heavy (non-hydrogen) atoms. The van der Waals surface area contributed by atoms with Gasteiger partial charge in [-0.2, -0.15) is 0 Å². The van der Waals surface area contributed by atoms with Gasteiger partial charge in [0.1, 0.15) is 11.9 Å². The average molecular weight is 330 g/mol. The molecule has 0 radical (unpaired) electrons. The summed E-state index contributed by atoms with van der Waals surface area (Å²) in [6, 6.07) is 8.18. The molecule has 1 saturated heterocycles. The van der Waals surface area contributed by atoms with Crippen LogP contribution in [0, 0.1) is 0 Å². The largest absolute Gasteiger partial charge is 0.497 e. The molecule has 1 aromatic carbocycles. The Morgan fingerprint density at radius 1 is 1.21 bits per heavy atom. The number of hydrogen-bond acceptors (Lipinski definition) is 5. The maximum absolute atomic E-state index is 12.3. The van der Waals surface area contributed by atoms with E-state index in [1.54, 1.807) is 30.3 Å². The molecule has 1 unspecified atom stereocenters. The minimum Gasteiger partial charge on any atom is -0.497 e. The highest BCUT2D eigenvalue weighted by Gasteiger charge is 2.24. The van der Waals surface area contributed by atoms with Gasteiger partial charge in [0.25, 0.3) is 11.8 Å². The highest BCUT2D eigenvalue weighted by Crippen LogP contribution is 2.28. The van der Waals surface area contributed by atoms with Crippen molar-refractivity contribution in [1.82, 2.24) is 0 Å². The van der Waals surface area contributed by atoms with Gasteiger partial charge >= 0.3 is 0 Å². The highest BCUT2D eigenvalue weighted by molar-refractivity contribution is 6.06. The second-order valence-electron chi connectivity index (χ2n) is 5.33. The first-order valence-electron chi connectivity index (χ1n) is 7.63. The van der Waals surface area contributed by atoms with E-state index < -0.39 is 12.0 Å². The lowest BCUT2D eigenvalue weighted by Crippen LogP contribution is -2.27. The van der Waals surface area contributed by atoms with E-state index in [2.05, 4.69) is 10.6 Å². The molecule has 0 aliphatic carbocycles. The number of anilines is 2. The Morgan fingerprint density at radius 3 is 2.75 bits per heavy atom. The Kier molecular flexibility index (Phi) is 4.81. The fourth-order valence-electron chi connectivity index (χ4n) is 2.45. The van der Waals surface area contributed by atoms with Crippen molar-refractivity contribution in [3.8, 4) is 5.75 Å². The van der Waals surface area contributed by atoms with Crippen molar-refractivity contribution in [2.75, 3.05) is 24.4 Å². The summed E-state index contributed by atoms with van der Waals surface area (Å²) in [7, 11) is 1.53. The first-order chi connectivity index (χ1) is 11.7. The summed E-state index contributed by atoms with van der Waals surface area (Å²) in [5.74, 6) is 0.0999. The summed E-state index contributed by atoms with van der Waals surface area (Å²) >= 11 is 0. The molecule has 126 valence electrons. The van der Waals surface area contributed by atoms with Crippen molar-refractivity contribution >= 4 is 23.2 Å². The van der Waals surface area contributed by atoms with Gasteiger partial charge in [0.15, 0.2) is 5.76 Å². The summed E-state index contributed by atoms with van der Waals surface area (Å²) in [6.07, 6.45) is 2.50. The first-order valence-corrected chi connectivity index (χ1v) is 7.63. The van der Waals surface area contributed by atoms with E-state index in [0.29, 0.717) is 30.2 Å². The quantitative estimate of drug-likeness (QED) is 0.879. The topological polar surface area (TPSA) is 89.8 Å². The zero-order valence-corrected chi connectivity index (χ0v) is 13.2. The van der Waals surface area contributed by atoms with Gasteiger partial charge in [0.2, 0.25) is 0 Å². The van der Waals surface area contributed by atoms with Crippen molar-refractivity contribution < 1.29 is 23.5 Å². The normalized spacial score (nSPS) is 16.6. The van der Waals surface area contributed by atoms with Crippen LogP contribution in [0.3, 0.4) is 0 Å². The fraction of sp³-hybridized carbons (Fsp3) is 0.294. The highest BCUT2D eigenvalue weighted by atomic mass is 16.5. The molecule has 1 aliphatic heterocycles. The Balaban J connectivity index is 1.79. The Hall–Kier alpha value is -2.80. The minimum atomic E-state index is -0.468. The number of carbonyl (C=O) groups excluding carboxylic acids is 2. The molecule has 7 nitrogen and oxygen atoms in total. The molecule has 2 heterocycles. The molecule has 2 amide bonds. The lowest BCUT2D eigenvalue weighted by atomic mass is 10.2. The van der Waals surface area contributed by atoms with Crippen LogP contribution >= 0.6 is 0 Å². The Bertz CT molecular complexity index is 721. The van der Waals surface area contributed by atoms with Crippen molar-refractivity contribution in [2.45, 2.75) is 18.9 Å². The molecule has 3 rings (SSSR count). The van der Waals surface area contributed by atoms with Gasteiger partial charge in [-0.25, -0.2) is 0 Å². The van der Waals surface area contributed by atoms with Gasteiger partial charge in [0, 0.05) is 12.7 Å². The number of methoxy groups -OCH3 is 1. The molecule has 1 atom stereocenters. The van der Waals surface area contributed by atoms with E-state index in [9.17, 15) is 9.59 Å². The lowest BCUT2D eigenvalue weighted by molar-refractivity contribution is -0.124. The molecule has 0 spiro atoms. The zero-order chi connectivity index (χ0) is 16.9. The second kappa shape index (κ2) is 7.18. The Morgan fingerprint density at radius 2 is 2.08 bits per heavy atom. The summed E-state index contributed by atoms with van der Waals surface area (Å²) < 4.78 is 15.6.